The lowest BCUT2D eigenvalue weighted by atomic mass is 10.1. The molecule has 2 aromatic rings. The molecule has 31 heavy (non-hydrogen) atoms. The van der Waals surface area contributed by atoms with Crippen LogP contribution >= 0.6 is 0 Å². The van der Waals surface area contributed by atoms with Gasteiger partial charge in [-0.1, -0.05) is 0 Å². The number of carbonyl (C=O) groups excluding carboxylic acids is 5. The monoisotopic (exact) mass is 424 g/mol. The first-order valence-electron chi connectivity index (χ1n) is 9.61. The fraction of sp³-hybridized carbons (Fsp3) is 0.227. The van der Waals surface area contributed by atoms with E-state index < -0.39 is 36.2 Å². The number of imide groups is 2. The summed E-state index contributed by atoms with van der Waals surface area (Å²) < 4.78 is 9.83. The molecular formula is C22H20N2O7. The summed E-state index contributed by atoms with van der Waals surface area (Å²) in [6.45, 7) is 3.80. The summed E-state index contributed by atoms with van der Waals surface area (Å²) in [6.07, 6.45) is -0.509. The summed E-state index contributed by atoms with van der Waals surface area (Å²) in [5.74, 6) is -2.41. The van der Waals surface area contributed by atoms with Gasteiger partial charge in [-0.15, -0.1) is 0 Å². The van der Waals surface area contributed by atoms with Crippen molar-refractivity contribution in [1.82, 2.24) is 0 Å². The molecule has 3 rings (SSSR count). The fourth-order valence-corrected chi connectivity index (χ4v) is 3.03. The lowest BCUT2D eigenvalue weighted by Crippen LogP contribution is -2.55. The third kappa shape index (κ3) is 4.45. The first-order chi connectivity index (χ1) is 14.9. The Bertz CT molecular complexity index is 947. The van der Waals surface area contributed by atoms with Gasteiger partial charge in [-0.2, -0.15) is 0 Å². The average molecular weight is 424 g/mol. The highest BCUT2D eigenvalue weighted by Gasteiger charge is 2.39. The first kappa shape index (κ1) is 21.7. The molecular weight excluding hydrogens is 404 g/mol. The molecule has 9 heteroatoms. The molecule has 1 fully saturated rings. The number of hydrogen-bond donors (Lipinski definition) is 0. The van der Waals surface area contributed by atoms with E-state index in [4.69, 9.17) is 9.47 Å². The Morgan fingerprint density at radius 2 is 1.06 bits per heavy atom. The first-order valence-corrected chi connectivity index (χ1v) is 9.61. The Morgan fingerprint density at radius 3 is 1.39 bits per heavy atom. The van der Waals surface area contributed by atoms with Crippen LogP contribution in [0.2, 0.25) is 0 Å². The molecule has 160 valence electrons. The summed E-state index contributed by atoms with van der Waals surface area (Å²) in [6, 6.07) is 10.6. The molecule has 1 saturated heterocycles. The van der Waals surface area contributed by atoms with Gasteiger partial charge in [0.2, 0.25) is 11.8 Å². The van der Waals surface area contributed by atoms with Crippen molar-refractivity contribution in [2.45, 2.75) is 20.3 Å². The molecule has 2 aromatic carbocycles. The predicted molar refractivity (Wildman–Crippen MR) is 110 cm³/mol. The summed E-state index contributed by atoms with van der Waals surface area (Å²) in [5.41, 5.74) is 0.961. The number of barbiturate groups is 1. The van der Waals surface area contributed by atoms with Crippen molar-refractivity contribution in [1.29, 1.82) is 0 Å². The molecule has 0 bridgehead atoms. The molecule has 0 radical (unpaired) electrons. The zero-order chi connectivity index (χ0) is 22.5. The summed E-state index contributed by atoms with van der Waals surface area (Å²) >= 11 is 0. The van der Waals surface area contributed by atoms with E-state index in [0.717, 1.165) is 9.80 Å². The Morgan fingerprint density at radius 1 is 0.710 bits per heavy atom. The minimum Gasteiger partial charge on any atom is -0.462 e. The van der Waals surface area contributed by atoms with E-state index in [2.05, 4.69) is 0 Å². The lowest BCUT2D eigenvalue weighted by Gasteiger charge is -2.32. The maximum absolute atomic E-state index is 13.0. The second-order valence-corrected chi connectivity index (χ2v) is 6.45. The van der Waals surface area contributed by atoms with E-state index in [9.17, 15) is 24.0 Å². The van der Waals surface area contributed by atoms with Gasteiger partial charge in [-0.25, -0.2) is 24.2 Å². The van der Waals surface area contributed by atoms with Gasteiger partial charge in [0.15, 0.2) is 0 Å². The number of hydrogen-bond acceptors (Lipinski definition) is 7. The Hall–Kier alpha value is -4.01. The molecule has 1 aliphatic heterocycles. The predicted octanol–water partition coefficient (Wildman–Crippen LogP) is 2.93. The van der Waals surface area contributed by atoms with Crippen LogP contribution in [0.25, 0.3) is 0 Å². The van der Waals surface area contributed by atoms with Gasteiger partial charge in [-0.3, -0.25) is 9.59 Å². The fourth-order valence-electron chi connectivity index (χ4n) is 3.03. The van der Waals surface area contributed by atoms with Crippen molar-refractivity contribution in [3.63, 3.8) is 0 Å². The van der Waals surface area contributed by atoms with Crippen molar-refractivity contribution in [3.05, 3.63) is 59.7 Å². The Labute approximate surface area is 178 Å². The Kier molecular flexibility index (Phi) is 6.44. The summed E-state index contributed by atoms with van der Waals surface area (Å²) in [4.78, 5) is 63.2. The van der Waals surface area contributed by atoms with E-state index in [0.29, 0.717) is 0 Å². The van der Waals surface area contributed by atoms with Gasteiger partial charge < -0.3 is 9.47 Å². The molecule has 0 N–H and O–H groups in total. The van der Waals surface area contributed by atoms with Crippen LogP contribution in [0.5, 0.6) is 0 Å². The number of urea groups is 1. The van der Waals surface area contributed by atoms with Gasteiger partial charge in [0.25, 0.3) is 0 Å². The third-order valence-corrected chi connectivity index (χ3v) is 4.46. The maximum Gasteiger partial charge on any atom is 0.342 e. The third-order valence-electron chi connectivity index (χ3n) is 4.46. The molecule has 0 aromatic heterocycles. The van der Waals surface area contributed by atoms with Crippen LogP contribution in [0, 0.1) is 0 Å². The molecule has 4 amide bonds. The highest BCUT2D eigenvalue weighted by molar-refractivity contribution is 6.35. The molecule has 1 heterocycles. The number of ether oxygens (including phenoxy) is 2. The number of benzene rings is 2. The van der Waals surface area contributed by atoms with Gasteiger partial charge in [0, 0.05) is 0 Å². The second-order valence-electron chi connectivity index (χ2n) is 6.45. The van der Waals surface area contributed by atoms with Crippen LogP contribution in [0.3, 0.4) is 0 Å². The quantitative estimate of drug-likeness (QED) is 0.518. The van der Waals surface area contributed by atoms with E-state index >= 15 is 0 Å². The average Bonchev–Trinajstić information content (AvgIpc) is 2.74. The van der Waals surface area contributed by atoms with Crippen molar-refractivity contribution < 1.29 is 33.4 Å². The van der Waals surface area contributed by atoms with Crippen LogP contribution in [-0.4, -0.2) is 43.0 Å². The number of nitrogens with zero attached hydrogens (tertiary/aromatic N) is 2. The van der Waals surface area contributed by atoms with Gasteiger partial charge >= 0.3 is 18.0 Å². The second kappa shape index (κ2) is 9.21. The number of anilines is 2. The van der Waals surface area contributed by atoms with Crippen molar-refractivity contribution >= 4 is 41.2 Å². The molecule has 0 aliphatic carbocycles. The normalized spacial score (nSPS) is 13.9. The van der Waals surface area contributed by atoms with Crippen LogP contribution in [0.15, 0.2) is 48.5 Å². The van der Waals surface area contributed by atoms with Gasteiger partial charge in [0.1, 0.15) is 6.42 Å². The SMILES string of the molecule is CCOC(=O)c1ccc(N2C(=O)CC(=O)N(c3ccc(C(=O)OCC)cc3)C2=O)cc1. The van der Waals surface area contributed by atoms with E-state index in [-0.39, 0.29) is 35.7 Å². The highest BCUT2D eigenvalue weighted by Crippen LogP contribution is 2.27. The van der Waals surface area contributed by atoms with Crippen LogP contribution in [0.4, 0.5) is 16.2 Å². The molecule has 0 saturated carbocycles. The molecule has 9 nitrogen and oxygen atoms in total. The van der Waals surface area contributed by atoms with Crippen molar-refractivity contribution in [3.8, 4) is 0 Å². The molecule has 1 aliphatic rings. The zero-order valence-corrected chi connectivity index (χ0v) is 17.0. The summed E-state index contributed by atoms with van der Waals surface area (Å²) in [7, 11) is 0. The topological polar surface area (TPSA) is 110 Å². The number of amides is 4. The van der Waals surface area contributed by atoms with Gasteiger partial charge in [-0.05, 0) is 62.4 Å². The van der Waals surface area contributed by atoms with Crippen LogP contribution in [0.1, 0.15) is 41.0 Å². The minimum absolute atomic E-state index is 0.212. The molecule has 0 atom stereocenters. The van der Waals surface area contributed by atoms with E-state index in [1.807, 2.05) is 0 Å². The largest absolute Gasteiger partial charge is 0.462 e. The smallest absolute Gasteiger partial charge is 0.342 e. The summed E-state index contributed by atoms with van der Waals surface area (Å²) in [5, 5.41) is 0. The maximum atomic E-state index is 13.0. The van der Waals surface area contributed by atoms with Crippen LogP contribution < -0.4 is 9.80 Å². The lowest BCUT2D eigenvalue weighted by molar-refractivity contribution is -0.126. The van der Waals surface area contributed by atoms with E-state index in [1.54, 1.807) is 13.8 Å². The van der Waals surface area contributed by atoms with Crippen molar-refractivity contribution in [2.75, 3.05) is 23.0 Å². The van der Waals surface area contributed by atoms with Crippen LogP contribution in [-0.2, 0) is 19.1 Å². The number of carbonyl (C=O) groups is 5. The van der Waals surface area contributed by atoms with Crippen molar-refractivity contribution in [2.24, 2.45) is 0 Å². The zero-order valence-electron chi connectivity index (χ0n) is 17.0. The van der Waals surface area contributed by atoms with E-state index in [1.165, 1.54) is 48.5 Å². The molecule has 0 unspecified atom stereocenters. The Balaban J connectivity index is 1.87. The molecule has 0 spiro atoms. The number of esters is 2. The van der Waals surface area contributed by atoms with Gasteiger partial charge in [0.05, 0.1) is 35.7 Å². The standard InChI is InChI=1S/C22H20N2O7/c1-3-30-20(27)14-5-9-16(10-6-14)23-18(25)13-19(26)24(22(23)29)17-11-7-15(8-12-17)21(28)31-4-2/h5-12H,3-4,13H2,1-2H3. The number of rotatable bonds is 6. The minimum atomic E-state index is -0.853. The highest BCUT2D eigenvalue weighted by atomic mass is 16.5.